The summed E-state index contributed by atoms with van der Waals surface area (Å²) in [6.07, 6.45) is 0. The highest BCUT2D eigenvalue weighted by molar-refractivity contribution is 5.89. The van der Waals surface area contributed by atoms with Crippen LogP contribution in [0.2, 0.25) is 0 Å². The molecule has 0 fully saturated rings. The molecule has 0 unspecified atom stereocenters. The van der Waals surface area contributed by atoms with Crippen LogP contribution in [0.4, 0.5) is 0 Å². The van der Waals surface area contributed by atoms with E-state index in [1.54, 1.807) is 31.2 Å². The molecule has 3 aromatic rings. The zero-order chi connectivity index (χ0) is 17.6. The topological polar surface area (TPSA) is 74.5 Å². The highest BCUT2D eigenvalue weighted by atomic mass is 16.5. The molecule has 0 amide bonds. The Hall–Kier alpha value is -3.15. The van der Waals surface area contributed by atoms with Crippen molar-refractivity contribution in [3.63, 3.8) is 0 Å². The number of carbonyl (C=O) groups is 1. The molecule has 2 aromatic carbocycles. The molecule has 0 N–H and O–H groups in total. The Morgan fingerprint density at radius 3 is 2.64 bits per heavy atom. The van der Waals surface area contributed by atoms with Crippen molar-refractivity contribution in [2.75, 3.05) is 6.61 Å². The first-order valence-electron chi connectivity index (χ1n) is 7.95. The Labute approximate surface area is 145 Å². The van der Waals surface area contributed by atoms with E-state index in [1.165, 1.54) is 0 Å². The van der Waals surface area contributed by atoms with E-state index in [2.05, 4.69) is 10.2 Å². The van der Waals surface area contributed by atoms with Crippen LogP contribution < -0.4 is 4.74 Å². The van der Waals surface area contributed by atoms with Crippen LogP contribution in [0, 0.1) is 6.92 Å². The molecule has 6 heteroatoms. The van der Waals surface area contributed by atoms with E-state index in [0.717, 1.165) is 16.9 Å². The van der Waals surface area contributed by atoms with Crippen molar-refractivity contribution in [1.82, 2.24) is 10.2 Å². The molecule has 0 atom stereocenters. The second kappa shape index (κ2) is 7.61. The van der Waals surface area contributed by atoms with Gasteiger partial charge in [-0.15, -0.1) is 10.2 Å². The van der Waals surface area contributed by atoms with Gasteiger partial charge in [0.05, 0.1) is 12.2 Å². The summed E-state index contributed by atoms with van der Waals surface area (Å²) in [6.45, 7) is 4.30. The van der Waals surface area contributed by atoms with E-state index in [-0.39, 0.29) is 12.6 Å². The molecule has 1 heterocycles. The maximum atomic E-state index is 11.7. The molecule has 0 aliphatic heterocycles. The first-order valence-corrected chi connectivity index (χ1v) is 7.95. The summed E-state index contributed by atoms with van der Waals surface area (Å²) < 4.78 is 16.2. The minimum absolute atomic E-state index is 0.192. The maximum absolute atomic E-state index is 11.7. The highest BCUT2D eigenvalue weighted by Gasteiger charge is 2.11. The van der Waals surface area contributed by atoms with Gasteiger partial charge in [-0.05, 0) is 55.8 Å². The molecular formula is C19H18N2O4. The van der Waals surface area contributed by atoms with Crippen LogP contribution in [0.15, 0.2) is 52.9 Å². The molecule has 1 aromatic heterocycles. The number of aryl methyl sites for hydroxylation is 1. The zero-order valence-corrected chi connectivity index (χ0v) is 14.1. The molecule has 6 nitrogen and oxygen atoms in total. The van der Waals surface area contributed by atoms with Crippen LogP contribution in [0.5, 0.6) is 5.75 Å². The van der Waals surface area contributed by atoms with Gasteiger partial charge in [-0.25, -0.2) is 4.79 Å². The number of benzene rings is 2. The molecule has 0 saturated carbocycles. The Kier molecular flexibility index (Phi) is 5.09. The number of nitrogens with zero attached hydrogens (tertiary/aromatic N) is 2. The number of hydrogen-bond acceptors (Lipinski definition) is 6. The van der Waals surface area contributed by atoms with Crippen molar-refractivity contribution in [1.29, 1.82) is 0 Å². The monoisotopic (exact) mass is 338 g/mol. The van der Waals surface area contributed by atoms with Crippen molar-refractivity contribution in [2.24, 2.45) is 0 Å². The zero-order valence-electron chi connectivity index (χ0n) is 14.1. The third-order valence-electron chi connectivity index (χ3n) is 3.46. The van der Waals surface area contributed by atoms with Crippen LogP contribution in [-0.4, -0.2) is 22.8 Å². The van der Waals surface area contributed by atoms with E-state index in [4.69, 9.17) is 13.9 Å². The molecule has 0 saturated heterocycles. The van der Waals surface area contributed by atoms with Crippen LogP contribution in [-0.2, 0) is 11.3 Å². The average molecular weight is 338 g/mol. The predicted octanol–water partition coefficient (Wildman–Crippen LogP) is 3.80. The lowest BCUT2D eigenvalue weighted by molar-refractivity contribution is 0.0526. The Bertz CT molecular complexity index is 856. The molecule has 0 aliphatic rings. The van der Waals surface area contributed by atoms with Gasteiger partial charge in [-0.1, -0.05) is 12.1 Å². The third-order valence-corrected chi connectivity index (χ3v) is 3.46. The van der Waals surface area contributed by atoms with Crippen molar-refractivity contribution in [3.8, 4) is 17.2 Å². The summed E-state index contributed by atoms with van der Waals surface area (Å²) in [5.74, 6) is 1.15. The van der Waals surface area contributed by atoms with E-state index in [9.17, 15) is 4.79 Å². The summed E-state index contributed by atoms with van der Waals surface area (Å²) in [6, 6.07) is 14.5. The summed E-state index contributed by atoms with van der Waals surface area (Å²) in [5.41, 5.74) is 2.32. The quantitative estimate of drug-likeness (QED) is 0.636. The summed E-state index contributed by atoms with van der Waals surface area (Å²) in [5, 5.41) is 8.00. The summed E-state index contributed by atoms with van der Waals surface area (Å²) in [4.78, 5) is 11.7. The number of aromatic nitrogens is 2. The summed E-state index contributed by atoms with van der Waals surface area (Å²) >= 11 is 0. The minimum Gasteiger partial charge on any atom is -0.484 e. The van der Waals surface area contributed by atoms with Gasteiger partial charge < -0.3 is 13.9 Å². The van der Waals surface area contributed by atoms with Crippen molar-refractivity contribution < 1.29 is 18.7 Å². The number of carbonyl (C=O) groups excluding carboxylic acids is 1. The average Bonchev–Trinajstić information content (AvgIpc) is 3.09. The fourth-order valence-corrected chi connectivity index (χ4v) is 2.24. The van der Waals surface area contributed by atoms with Crippen LogP contribution in [0.1, 0.15) is 28.7 Å². The molecular weight excluding hydrogens is 320 g/mol. The standard InChI is InChI=1S/C19H18N2O4/c1-3-23-19(22)15-9-7-14(8-10-15)18-21-20-17(25-18)12-24-16-6-4-5-13(2)11-16/h4-11H,3,12H2,1-2H3. The van der Waals surface area contributed by atoms with Crippen LogP contribution in [0.25, 0.3) is 11.5 Å². The lowest BCUT2D eigenvalue weighted by Gasteiger charge is -2.03. The van der Waals surface area contributed by atoms with Crippen molar-refractivity contribution in [2.45, 2.75) is 20.5 Å². The number of ether oxygens (including phenoxy) is 2. The van der Waals surface area contributed by atoms with E-state index in [1.807, 2.05) is 31.2 Å². The van der Waals surface area contributed by atoms with Gasteiger partial charge in [-0.3, -0.25) is 0 Å². The van der Waals surface area contributed by atoms with Gasteiger partial charge in [0.2, 0.25) is 5.89 Å². The smallest absolute Gasteiger partial charge is 0.338 e. The second-order valence-electron chi connectivity index (χ2n) is 5.40. The maximum Gasteiger partial charge on any atom is 0.338 e. The van der Waals surface area contributed by atoms with Crippen molar-refractivity contribution >= 4 is 5.97 Å². The highest BCUT2D eigenvalue weighted by Crippen LogP contribution is 2.20. The van der Waals surface area contributed by atoms with Gasteiger partial charge in [0.25, 0.3) is 5.89 Å². The lowest BCUT2D eigenvalue weighted by atomic mass is 10.1. The molecule has 0 radical (unpaired) electrons. The predicted molar refractivity (Wildman–Crippen MR) is 91.2 cm³/mol. The number of rotatable bonds is 6. The fourth-order valence-electron chi connectivity index (χ4n) is 2.24. The van der Waals surface area contributed by atoms with Gasteiger partial charge in [0.15, 0.2) is 6.61 Å². The Morgan fingerprint density at radius 2 is 1.92 bits per heavy atom. The molecule has 0 bridgehead atoms. The molecule has 128 valence electrons. The second-order valence-corrected chi connectivity index (χ2v) is 5.40. The van der Waals surface area contributed by atoms with Gasteiger partial charge in [0, 0.05) is 5.56 Å². The van der Waals surface area contributed by atoms with Gasteiger partial charge >= 0.3 is 5.97 Å². The molecule has 0 aliphatic carbocycles. The van der Waals surface area contributed by atoms with Gasteiger partial charge in [0.1, 0.15) is 5.75 Å². The molecule has 0 spiro atoms. The minimum atomic E-state index is -0.355. The van der Waals surface area contributed by atoms with E-state index >= 15 is 0 Å². The van der Waals surface area contributed by atoms with Crippen LogP contribution >= 0.6 is 0 Å². The third kappa shape index (κ3) is 4.23. The Morgan fingerprint density at radius 1 is 1.12 bits per heavy atom. The fraction of sp³-hybridized carbons (Fsp3) is 0.211. The summed E-state index contributed by atoms with van der Waals surface area (Å²) in [7, 11) is 0. The van der Waals surface area contributed by atoms with Crippen LogP contribution in [0.3, 0.4) is 0 Å². The van der Waals surface area contributed by atoms with Gasteiger partial charge in [-0.2, -0.15) is 0 Å². The SMILES string of the molecule is CCOC(=O)c1ccc(-c2nnc(COc3cccc(C)c3)o2)cc1. The van der Waals surface area contributed by atoms with E-state index < -0.39 is 0 Å². The van der Waals surface area contributed by atoms with Crippen molar-refractivity contribution in [3.05, 3.63) is 65.5 Å². The number of esters is 1. The first-order chi connectivity index (χ1) is 12.2. The number of hydrogen-bond donors (Lipinski definition) is 0. The Balaban J connectivity index is 1.65. The normalized spacial score (nSPS) is 10.5. The first kappa shape index (κ1) is 16.7. The molecule has 25 heavy (non-hydrogen) atoms. The largest absolute Gasteiger partial charge is 0.484 e. The molecule has 3 rings (SSSR count). The lowest BCUT2D eigenvalue weighted by Crippen LogP contribution is -2.03. The van der Waals surface area contributed by atoms with E-state index in [0.29, 0.717) is 24.0 Å².